The number of ether oxygens (including phenoxy) is 3. The lowest BCUT2D eigenvalue weighted by Crippen LogP contribution is -2.36. The normalized spacial score (nSPS) is 13.9. The smallest absolute Gasteiger partial charge is 0.387 e. The number of hydrogen-bond donors (Lipinski definition) is 2. The van der Waals surface area contributed by atoms with Gasteiger partial charge in [-0.25, -0.2) is 4.99 Å². The first-order valence-electron chi connectivity index (χ1n) is 6.39. The fourth-order valence-electron chi connectivity index (χ4n) is 1.81. The van der Waals surface area contributed by atoms with Crippen LogP contribution in [-0.4, -0.2) is 25.4 Å². The van der Waals surface area contributed by atoms with Gasteiger partial charge in [0.05, 0.1) is 6.54 Å². The van der Waals surface area contributed by atoms with E-state index in [0.29, 0.717) is 17.1 Å². The second-order valence-electron chi connectivity index (χ2n) is 4.69. The van der Waals surface area contributed by atoms with E-state index in [1.807, 2.05) is 13.8 Å². The van der Waals surface area contributed by atoms with Crippen molar-refractivity contribution in [1.29, 1.82) is 0 Å². The van der Waals surface area contributed by atoms with Crippen molar-refractivity contribution in [2.75, 3.05) is 6.79 Å². The van der Waals surface area contributed by atoms with Crippen LogP contribution in [0.25, 0.3) is 0 Å². The number of hydrogen-bond acceptors (Lipinski definition) is 4. The third-order valence-electron chi connectivity index (χ3n) is 2.63. The summed E-state index contributed by atoms with van der Waals surface area (Å²) in [6.45, 7) is 1.03. The molecule has 0 aliphatic carbocycles. The molecule has 0 atom stereocenters. The van der Waals surface area contributed by atoms with Gasteiger partial charge in [0.25, 0.3) is 0 Å². The van der Waals surface area contributed by atoms with Crippen LogP contribution in [0.4, 0.5) is 8.78 Å². The van der Waals surface area contributed by atoms with Crippen molar-refractivity contribution in [1.82, 2.24) is 5.32 Å². The molecule has 116 valence electrons. The molecular weight excluding hydrogens is 284 g/mol. The largest absolute Gasteiger partial charge is 0.454 e. The van der Waals surface area contributed by atoms with Crippen LogP contribution in [0.15, 0.2) is 17.1 Å². The number of fused-ring (bicyclic) bond motifs is 1. The summed E-state index contributed by atoms with van der Waals surface area (Å²) >= 11 is 0. The number of alkyl halides is 2. The molecule has 0 radical (unpaired) electrons. The molecule has 1 aromatic rings. The Hall–Kier alpha value is -2.25. The summed E-state index contributed by atoms with van der Waals surface area (Å²) in [4.78, 5) is 4.09. The molecule has 0 fully saturated rings. The van der Waals surface area contributed by atoms with Gasteiger partial charge in [-0.1, -0.05) is 0 Å². The fraction of sp³-hybridized carbons (Fsp3) is 0.462. The number of benzene rings is 1. The van der Waals surface area contributed by atoms with E-state index in [0.717, 1.165) is 0 Å². The van der Waals surface area contributed by atoms with Crippen molar-refractivity contribution in [3.8, 4) is 17.2 Å². The first kappa shape index (κ1) is 15.1. The Bertz CT molecular complexity index is 536. The molecular formula is C13H17F2N3O3. The predicted molar refractivity (Wildman–Crippen MR) is 72.8 cm³/mol. The van der Waals surface area contributed by atoms with E-state index in [4.69, 9.17) is 15.2 Å². The third kappa shape index (κ3) is 4.11. The number of rotatable bonds is 5. The number of halogens is 2. The van der Waals surface area contributed by atoms with Crippen LogP contribution in [0, 0.1) is 0 Å². The minimum Gasteiger partial charge on any atom is -0.454 e. The van der Waals surface area contributed by atoms with Crippen LogP contribution in [0.3, 0.4) is 0 Å². The Morgan fingerprint density at radius 2 is 2.05 bits per heavy atom. The van der Waals surface area contributed by atoms with E-state index in [1.54, 1.807) is 6.07 Å². The lowest BCUT2D eigenvalue weighted by Gasteiger charge is -2.12. The van der Waals surface area contributed by atoms with Gasteiger partial charge in [0, 0.05) is 17.7 Å². The van der Waals surface area contributed by atoms with E-state index < -0.39 is 6.61 Å². The zero-order chi connectivity index (χ0) is 15.4. The summed E-state index contributed by atoms with van der Waals surface area (Å²) in [6, 6.07) is 3.06. The van der Waals surface area contributed by atoms with Gasteiger partial charge in [0.1, 0.15) is 5.75 Å². The first-order valence-corrected chi connectivity index (χ1v) is 6.39. The fourth-order valence-corrected chi connectivity index (χ4v) is 1.81. The molecule has 2 rings (SSSR count). The van der Waals surface area contributed by atoms with Crippen LogP contribution >= 0.6 is 0 Å². The second kappa shape index (κ2) is 6.47. The summed E-state index contributed by atoms with van der Waals surface area (Å²) in [7, 11) is 0. The maximum Gasteiger partial charge on any atom is 0.387 e. The lowest BCUT2D eigenvalue weighted by atomic mass is 10.1. The van der Waals surface area contributed by atoms with Crippen LogP contribution in [0.2, 0.25) is 0 Å². The minimum absolute atomic E-state index is 0.00431. The van der Waals surface area contributed by atoms with Gasteiger partial charge in [-0.2, -0.15) is 8.78 Å². The summed E-state index contributed by atoms with van der Waals surface area (Å²) in [6.07, 6.45) is 0. The number of aliphatic imine (C=N–C) groups is 1. The maximum atomic E-state index is 12.5. The third-order valence-corrected chi connectivity index (χ3v) is 2.63. The van der Waals surface area contributed by atoms with Gasteiger partial charge >= 0.3 is 6.61 Å². The molecule has 3 N–H and O–H groups in total. The Morgan fingerprint density at radius 1 is 1.38 bits per heavy atom. The average molecular weight is 301 g/mol. The number of nitrogens with one attached hydrogen (secondary N) is 1. The highest BCUT2D eigenvalue weighted by Crippen LogP contribution is 2.38. The van der Waals surface area contributed by atoms with Gasteiger partial charge in [-0.15, -0.1) is 0 Å². The van der Waals surface area contributed by atoms with E-state index in [9.17, 15) is 8.78 Å². The molecule has 1 aromatic carbocycles. The predicted octanol–water partition coefficient (Wildman–Crippen LogP) is 1.83. The Labute approximate surface area is 120 Å². The molecule has 0 saturated carbocycles. The summed E-state index contributed by atoms with van der Waals surface area (Å²) in [5, 5.41) is 2.91. The summed E-state index contributed by atoms with van der Waals surface area (Å²) in [5.74, 6) is 1.06. The van der Waals surface area contributed by atoms with Crippen molar-refractivity contribution in [2.24, 2.45) is 10.7 Å². The van der Waals surface area contributed by atoms with Crippen LogP contribution in [0.5, 0.6) is 17.2 Å². The van der Waals surface area contributed by atoms with E-state index in [1.165, 1.54) is 6.07 Å². The van der Waals surface area contributed by atoms with E-state index in [2.05, 4.69) is 15.0 Å². The number of guanidine groups is 1. The van der Waals surface area contributed by atoms with Crippen molar-refractivity contribution < 1.29 is 23.0 Å². The number of nitrogens with zero attached hydrogens (tertiary/aromatic N) is 1. The first-order chi connectivity index (χ1) is 9.95. The van der Waals surface area contributed by atoms with Crippen molar-refractivity contribution in [3.05, 3.63) is 17.7 Å². The van der Waals surface area contributed by atoms with Crippen molar-refractivity contribution in [3.63, 3.8) is 0 Å². The zero-order valence-electron chi connectivity index (χ0n) is 11.7. The highest BCUT2D eigenvalue weighted by Gasteiger charge is 2.19. The monoisotopic (exact) mass is 301 g/mol. The van der Waals surface area contributed by atoms with Crippen molar-refractivity contribution >= 4 is 5.96 Å². The minimum atomic E-state index is -2.93. The molecule has 6 nitrogen and oxygen atoms in total. The van der Waals surface area contributed by atoms with Gasteiger partial charge < -0.3 is 25.3 Å². The molecule has 0 bridgehead atoms. The molecule has 1 heterocycles. The SMILES string of the molecule is CC(C)NC(N)=NCc1cc2c(cc1OC(F)F)OCO2. The average Bonchev–Trinajstić information content (AvgIpc) is 2.81. The van der Waals surface area contributed by atoms with Gasteiger partial charge in [-0.3, -0.25) is 0 Å². The van der Waals surface area contributed by atoms with Gasteiger partial charge in [-0.05, 0) is 19.9 Å². The number of nitrogens with two attached hydrogens (primary N) is 1. The molecule has 1 aliphatic rings. The highest BCUT2D eigenvalue weighted by molar-refractivity contribution is 5.78. The second-order valence-corrected chi connectivity index (χ2v) is 4.69. The molecule has 0 amide bonds. The van der Waals surface area contributed by atoms with Gasteiger partial charge in [0.2, 0.25) is 6.79 Å². The van der Waals surface area contributed by atoms with Gasteiger partial charge in [0.15, 0.2) is 17.5 Å². The van der Waals surface area contributed by atoms with Crippen LogP contribution < -0.4 is 25.3 Å². The molecule has 0 saturated heterocycles. The maximum absolute atomic E-state index is 12.5. The Morgan fingerprint density at radius 3 is 2.67 bits per heavy atom. The summed E-state index contributed by atoms with van der Waals surface area (Å²) < 4.78 is 39.7. The topological polar surface area (TPSA) is 78.1 Å². The summed E-state index contributed by atoms with van der Waals surface area (Å²) in [5.41, 5.74) is 6.12. The Balaban J connectivity index is 2.20. The molecule has 21 heavy (non-hydrogen) atoms. The van der Waals surface area contributed by atoms with Crippen LogP contribution in [-0.2, 0) is 6.54 Å². The highest BCUT2D eigenvalue weighted by atomic mass is 19.3. The molecule has 1 aliphatic heterocycles. The standard InChI is InChI=1S/C13H17F2N3O3/c1-7(2)18-13(16)17-5-8-3-10-11(20-6-19-10)4-9(8)21-12(14)15/h3-4,7,12H,5-6H2,1-2H3,(H3,16,17,18). The molecule has 0 unspecified atom stereocenters. The van der Waals surface area contributed by atoms with E-state index in [-0.39, 0.29) is 31.1 Å². The zero-order valence-corrected chi connectivity index (χ0v) is 11.7. The molecule has 0 aromatic heterocycles. The van der Waals surface area contributed by atoms with Crippen molar-refractivity contribution in [2.45, 2.75) is 33.0 Å². The van der Waals surface area contributed by atoms with Crippen LogP contribution in [0.1, 0.15) is 19.4 Å². The molecule has 0 spiro atoms. The quantitative estimate of drug-likeness (QED) is 0.641. The lowest BCUT2D eigenvalue weighted by molar-refractivity contribution is -0.0504. The molecule has 8 heteroatoms. The Kier molecular flexibility index (Phi) is 4.66. The van der Waals surface area contributed by atoms with E-state index >= 15 is 0 Å².